The first-order chi connectivity index (χ1) is 8.52. The number of aryl methyl sites for hydroxylation is 1. The topological polar surface area (TPSA) is 46.0 Å². The maximum absolute atomic E-state index is 10.2. The summed E-state index contributed by atoms with van der Waals surface area (Å²) >= 11 is 1.56. The molecule has 0 radical (unpaired) electrons. The largest absolute Gasteiger partial charge is 0.385 e. The van der Waals surface area contributed by atoms with Gasteiger partial charge in [-0.3, -0.25) is 4.98 Å². The van der Waals surface area contributed by atoms with Crippen LogP contribution in [0.15, 0.2) is 24.5 Å². The molecule has 96 valence electrons. The minimum atomic E-state index is -0.831. The van der Waals surface area contributed by atoms with Gasteiger partial charge < -0.3 is 5.11 Å². The van der Waals surface area contributed by atoms with Gasteiger partial charge in [-0.2, -0.15) is 0 Å². The standard InChI is InChI=1S/C14H18N2OS/c1-4-6-11-12(14(2,3)17)18-13(16-11)10-7-5-8-15-9-10/h5,7-9,17H,4,6H2,1-3H3. The van der Waals surface area contributed by atoms with Gasteiger partial charge in [-0.25, -0.2) is 4.98 Å². The Balaban J connectivity index is 2.46. The minimum absolute atomic E-state index is 0.831. The average molecular weight is 262 g/mol. The molecule has 0 amide bonds. The third-order valence-electron chi connectivity index (χ3n) is 2.65. The summed E-state index contributed by atoms with van der Waals surface area (Å²) in [6.45, 7) is 5.75. The molecule has 0 atom stereocenters. The van der Waals surface area contributed by atoms with Crippen molar-refractivity contribution < 1.29 is 5.11 Å². The van der Waals surface area contributed by atoms with Crippen molar-refractivity contribution in [3.8, 4) is 10.6 Å². The van der Waals surface area contributed by atoms with Gasteiger partial charge in [0.15, 0.2) is 0 Å². The van der Waals surface area contributed by atoms with Crippen LogP contribution in [-0.4, -0.2) is 15.1 Å². The number of hydrogen-bond donors (Lipinski definition) is 1. The van der Waals surface area contributed by atoms with Crippen LogP contribution in [0.25, 0.3) is 10.6 Å². The van der Waals surface area contributed by atoms with E-state index in [2.05, 4.69) is 16.9 Å². The monoisotopic (exact) mass is 262 g/mol. The predicted octanol–water partition coefficient (Wildman–Crippen LogP) is 3.39. The van der Waals surface area contributed by atoms with Crippen molar-refractivity contribution in [3.05, 3.63) is 35.1 Å². The fourth-order valence-corrected chi connectivity index (χ4v) is 2.95. The Hall–Kier alpha value is -1.26. The van der Waals surface area contributed by atoms with E-state index in [4.69, 9.17) is 0 Å². The Morgan fingerprint density at radius 1 is 1.39 bits per heavy atom. The van der Waals surface area contributed by atoms with Crippen LogP contribution in [0.1, 0.15) is 37.8 Å². The van der Waals surface area contributed by atoms with E-state index in [1.54, 1.807) is 17.5 Å². The molecule has 4 heteroatoms. The molecule has 2 aromatic heterocycles. The van der Waals surface area contributed by atoms with E-state index in [0.29, 0.717) is 0 Å². The molecule has 18 heavy (non-hydrogen) atoms. The quantitative estimate of drug-likeness (QED) is 0.918. The third-order valence-corrected chi connectivity index (χ3v) is 4.11. The van der Waals surface area contributed by atoms with Gasteiger partial charge in [-0.15, -0.1) is 11.3 Å². The lowest BCUT2D eigenvalue weighted by Gasteiger charge is -2.16. The zero-order chi connectivity index (χ0) is 13.2. The molecule has 0 saturated heterocycles. The lowest BCUT2D eigenvalue weighted by Crippen LogP contribution is -2.15. The van der Waals surface area contributed by atoms with Crippen molar-refractivity contribution in [2.24, 2.45) is 0 Å². The van der Waals surface area contributed by atoms with Crippen molar-refractivity contribution in [1.29, 1.82) is 0 Å². The van der Waals surface area contributed by atoms with E-state index < -0.39 is 5.60 Å². The first kappa shape index (κ1) is 13.2. The maximum Gasteiger partial charge on any atom is 0.125 e. The van der Waals surface area contributed by atoms with Gasteiger partial charge in [0.1, 0.15) is 5.01 Å². The predicted molar refractivity (Wildman–Crippen MR) is 74.6 cm³/mol. The molecule has 1 N–H and O–H groups in total. The molecule has 3 nitrogen and oxygen atoms in total. The van der Waals surface area contributed by atoms with Crippen LogP contribution < -0.4 is 0 Å². The second-order valence-electron chi connectivity index (χ2n) is 4.85. The highest BCUT2D eigenvalue weighted by Gasteiger charge is 2.24. The summed E-state index contributed by atoms with van der Waals surface area (Å²) in [6.07, 6.45) is 5.49. The average Bonchev–Trinajstić information content (AvgIpc) is 2.75. The van der Waals surface area contributed by atoms with E-state index in [1.165, 1.54) is 0 Å². The Kier molecular flexibility index (Phi) is 3.78. The first-order valence-corrected chi connectivity index (χ1v) is 6.97. The molecule has 0 saturated carbocycles. The van der Waals surface area contributed by atoms with E-state index in [0.717, 1.165) is 34.0 Å². The van der Waals surface area contributed by atoms with Gasteiger partial charge in [0, 0.05) is 18.0 Å². The highest BCUT2D eigenvalue weighted by molar-refractivity contribution is 7.15. The van der Waals surface area contributed by atoms with Crippen molar-refractivity contribution in [2.75, 3.05) is 0 Å². The first-order valence-electron chi connectivity index (χ1n) is 6.15. The molecule has 2 aromatic rings. The van der Waals surface area contributed by atoms with E-state index in [1.807, 2.05) is 32.2 Å². The second kappa shape index (κ2) is 5.16. The normalized spacial score (nSPS) is 11.8. The summed E-state index contributed by atoms with van der Waals surface area (Å²) in [5.41, 5.74) is 1.19. The molecule has 2 rings (SSSR count). The molecule has 0 unspecified atom stereocenters. The Morgan fingerprint density at radius 2 is 2.17 bits per heavy atom. The Morgan fingerprint density at radius 3 is 2.72 bits per heavy atom. The highest BCUT2D eigenvalue weighted by atomic mass is 32.1. The van der Waals surface area contributed by atoms with Gasteiger partial charge in [0.2, 0.25) is 0 Å². The van der Waals surface area contributed by atoms with Crippen molar-refractivity contribution in [3.63, 3.8) is 0 Å². The number of hydrogen-bond acceptors (Lipinski definition) is 4. The molecule has 0 aliphatic heterocycles. The fraction of sp³-hybridized carbons (Fsp3) is 0.429. The highest BCUT2D eigenvalue weighted by Crippen LogP contribution is 2.35. The molecular formula is C14H18N2OS. The summed E-state index contributed by atoms with van der Waals surface area (Å²) in [5, 5.41) is 11.1. The molecule has 0 aliphatic rings. The summed E-state index contributed by atoms with van der Waals surface area (Å²) in [7, 11) is 0. The summed E-state index contributed by atoms with van der Waals surface area (Å²) in [5.74, 6) is 0. The van der Waals surface area contributed by atoms with Crippen LogP contribution in [0.2, 0.25) is 0 Å². The SMILES string of the molecule is CCCc1nc(-c2cccnc2)sc1C(C)(C)O. The third kappa shape index (κ3) is 2.76. The van der Waals surface area contributed by atoms with Crippen LogP contribution in [0.5, 0.6) is 0 Å². The van der Waals surface area contributed by atoms with Gasteiger partial charge in [-0.1, -0.05) is 13.3 Å². The van der Waals surface area contributed by atoms with Crippen LogP contribution in [0.4, 0.5) is 0 Å². The Labute approximate surface area is 112 Å². The summed E-state index contributed by atoms with van der Waals surface area (Å²) in [6, 6.07) is 3.90. The molecule has 0 aromatic carbocycles. The van der Waals surface area contributed by atoms with Crippen LogP contribution in [-0.2, 0) is 12.0 Å². The van der Waals surface area contributed by atoms with Gasteiger partial charge in [0.25, 0.3) is 0 Å². The van der Waals surface area contributed by atoms with Crippen molar-refractivity contribution >= 4 is 11.3 Å². The molecule has 2 heterocycles. The van der Waals surface area contributed by atoms with Gasteiger partial charge in [-0.05, 0) is 32.4 Å². The second-order valence-corrected chi connectivity index (χ2v) is 5.84. The summed E-state index contributed by atoms with van der Waals surface area (Å²) < 4.78 is 0. The van der Waals surface area contributed by atoms with Gasteiger partial charge in [0.05, 0.1) is 16.2 Å². The lowest BCUT2D eigenvalue weighted by atomic mass is 10.0. The lowest BCUT2D eigenvalue weighted by molar-refractivity contribution is 0.0813. The number of nitrogens with zero attached hydrogens (tertiary/aromatic N) is 2. The zero-order valence-corrected chi connectivity index (χ0v) is 11.8. The smallest absolute Gasteiger partial charge is 0.125 e. The molecular weight excluding hydrogens is 244 g/mol. The number of pyridine rings is 1. The Bertz CT molecular complexity index is 514. The number of thiazole rings is 1. The molecule has 0 fully saturated rings. The maximum atomic E-state index is 10.2. The fourth-order valence-electron chi connectivity index (χ4n) is 1.85. The van der Waals surface area contributed by atoms with Crippen molar-refractivity contribution in [1.82, 2.24) is 9.97 Å². The molecule has 0 bridgehead atoms. The van der Waals surface area contributed by atoms with Crippen LogP contribution in [0.3, 0.4) is 0 Å². The van der Waals surface area contributed by atoms with E-state index in [-0.39, 0.29) is 0 Å². The number of rotatable bonds is 4. The zero-order valence-electron chi connectivity index (χ0n) is 11.0. The molecule has 0 aliphatic carbocycles. The number of aliphatic hydroxyl groups is 1. The molecule has 0 spiro atoms. The van der Waals surface area contributed by atoms with Gasteiger partial charge >= 0.3 is 0 Å². The van der Waals surface area contributed by atoms with Crippen molar-refractivity contribution in [2.45, 2.75) is 39.2 Å². The van der Waals surface area contributed by atoms with Crippen LogP contribution >= 0.6 is 11.3 Å². The van der Waals surface area contributed by atoms with E-state index >= 15 is 0 Å². The summed E-state index contributed by atoms with van der Waals surface area (Å²) in [4.78, 5) is 9.73. The number of aromatic nitrogens is 2. The van der Waals surface area contributed by atoms with Crippen LogP contribution in [0, 0.1) is 0 Å². The minimum Gasteiger partial charge on any atom is -0.385 e. The van der Waals surface area contributed by atoms with E-state index in [9.17, 15) is 5.11 Å².